The van der Waals surface area contributed by atoms with Gasteiger partial charge in [0.15, 0.2) is 0 Å². The van der Waals surface area contributed by atoms with E-state index in [1.54, 1.807) is 25.1 Å². The summed E-state index contributed by atoms with van der Waals surface area (Å²) >= 11 is 1.57. The van der Waals surface area contributed by atoms with Gasteiger partial charge in [0, 0.05) is 5.75 Å². The Labute approximate surface area is 157 Å². The van der Waals surface area contributed by atoms with Gasteiger partial charge in [0.2, 0.25) is 5.91 Å². The highest BCUT2D eigenvalue weighted by molar-refractivity contribution is 7.99. The Hall–Kier alpha value is -2.79. The van der Waals surface area contributed by atoms with Crippen molar-refractivity contribution in [2.45, 2.75) is 5.75 Å². The highest BCUT2D eigenvalue weighted by atomic mass is 32.2. The second kappa shape index (κ2) is 9.06. The van der Waals surface area contributed by atoms with Crippen LogP contribution in [0.15, 0.2) is 71.8 Å². The molecular weight excluding hydrogens is 344 g/mol. The van der Waals surface area contributed by atoms with Gasteiger partial charge >= 0.3 is 0 Å². The highest BCUT2D eigenvalue weighted by Gasteiger charge is 2.02. The molecule has 0 atom stereocenters. The smallest absolute Gasteiger partial charge is 0.250 e. The molecule has 1 N–H and O–H groups in total. The Morgan fingerprint density at radius 3 is 2.62 bits per heavy atom. The molecule has 0 aliphatic heterocycles. The van der Waals surface area contributed by atoms with E-state index in [1.165, 1.54) is 16.3 Å². The van der Waals surface area contributed by atoms with Crippen LogP contribution in [0.2, 0.25) is 0 Å². The number of thioether (sulfide) groups is 1. The third-order valence-corrected chi connectivity index (χ3v) is 4.84. The van der Waals surface area contributed by atoms with Crippen LogP contribution < -0.4 is 10.2 Å². The molecular formula is C21H20N2O2S. The zero-order valence-corrected chi connectivity index (χ0v) is 15.3. The lowest BCUT2D eigenvalue weighted by atomic mass is 10.1. The minimum absolute atomic E-state index is 0.111. The van der Waals surface area contributed by atoms with Crippen LogP contribution in [-0.2, 0) is 10.5 Å². The minimum atomic E-state index is -0.111. The molecule has 0 aliphatic carbocycles. The fraction of sp³-hybridized carbons (Fsp3) is 0.143. The van der Waals surface area contributed by atoms with E-state index < -0.39 is 0 Å². The van der Waals surface area contributed by atoms with Crippen LogP contribution in [0.3, 0.4) is 0 Å². The lowest BCUT2D eigenvalue weighted by Gasteiger charge is -2.04. The van der Waals surface area contributed by atoms with Crippen LogP contribution >= 0.6 is 11.8 Å². The van der Waals surface area contributed by atoms with Crippen LogP contribution in [0.5, 0.6) is 5.75 Å². The molecule has 0 heterocycles. The second-order valence-electron chi connectivity index (χ2n) is 5.74. The van der Waals surface area contributed by atoms with Gasteiger partial charge < -0.3 is 4.74 Å². The van der Waals surface area contributed by atoms with Crippen LogP contribution in [0.4, 0.5) is 0 Å². The van der Waals surface area contributed by atoms with Gasteiger partial charge in [-0.25, -0.2) is 5.43 Å². The van der Waals surface area contributed by atoms with Gasteiger partial charge in [0.1, 0.15) is 5.75 Å². The standard InChI is InChI=1S/C21H20N2O2S/c1-25-20-10-7-16(8-11-20)13-22-23-21(24)15-26-14-17-6-9-18-4-2-3-5-19(18)12-17/h2-13H,14-15H2,1H3,(H,23,24)/b22-13-. The predicted octanol–water partition coefficient (Wildman–Crippen LogP) is 4.23. The quantitative estimate of drug-likeness (QED) is 0.504. The lowest BCUT2D eigenvalue weighted by molar-refractivity contribution is -0.118. The first kappa shape index (κ1) is 18.0. The van der Waals surface area contributed by atoms with Crippen molar-refractivity contribution in [3.63, 3.8) is 0 Å². The number of carbonyl (C=O) groups excluding carboxylic acids is 1. The summed E-state index contributed by atoms with van der Waals surface area (Å²) in [7, 11) is 1.62. The third-order valence-electron chi connectivity index (χ3n) is 3.83. The molecule has 5 heteroatoms. The fourth-order valence-corrected chi connectivity index (χ4v) is 3.26. The van der Waals surface area contributed by atoms with Gasteiger partial charge in [-0.3, -0.25) is 4.79 Å². The first-order valence-corrected chi connectivity index (χ1v) is 9.41. The summed E-state index contributed by atoms with van der Waals surface area (Å²) in [5.74, 6) is 1.84. The largest absolute Gasteiger partial charge is 0.497 e. The number of rotatable bonds is 7. The number of hydrogen-bond acceptors (Lipinski definition) is 4. The molecule has 0 radical (unpaired) electrons. The van der Waals surface area contributed by atoms with Crippen molar-refractivity contribution in [1.29, 1.82) is 0 Å². The molecule has 1 amide bonds. The summed E-state index contributed by atoms with van der Waals surface area (Å²) in [6.07, 6.45) is 1.62. The third kappa shape index (κ3) is 5.10. The molecule has 3 rings (SSSR count). The Balaban J connectivity index is 1.43. The zero-order valence-electron chi connectivity index (χ0n) is 14.5. The van der Waals surface area contributed by atoms with Crippen molar-refractivity contribution in [3.8, 4) is 5.75 Å². The summed E-state index contributed by atoms with van der Waals surface area (Å²) in [6.45, 7) is 0. The molecule has 26 heavy (non-hydrogen) atoms. The SMILES string of the molecule is COc1ccc(/C=N\NC(=O)CSCc2ccc3ccccc3c2)cc1. The second-order valence-corrected chi connectivity index (χ2v) is 6.73. The summed E-state index contributed by atoms with van der Waals surface area (Å²) in [6, 6.07) is 22.1. The van der Waals surface area contributed by atoms with Crippen LogP contribution in [0.25, 0.3) is 10.8 Å². The van der Waals surface area contributed by atoms with Crippen LogP contribution in [-0.4, -0.2) is 25.0 Å². The number of fused-ring (bicyclic) bond motifs is 1. The van der Waals surface area contributed by atoms with E-state index in [4.69, 9.17) is 4.74 Å². The number of nitrogens with one attached hydrogen (secondary N) is 1. The van der Waals surface area contributed by atoms with Gasteiger partial charge in [0.25, 0.3) is 0 Å². The molecule has 3 aromatic rings. The number of amides is 1. The molecule has 4 nitrogen and oxygen atoms in total. The van der Waals surface area contributed by atoms with Crippen molar-refractivity contribution < 1.29 is 9.53 Å². The number of hydrazone groups is 1. The molecule has 0 unspecified atom stereocenters. The lowest BCUT2D eigenvalue weighted by Crippen LogP contribution is -2.19. The Morgan fingerprint density at radius 2 is 1.85 bits per heavy atom. The van der Waals surface area contributed by atoms with Crippen molar-refractivity contribution in [2.24, 2.45) is 5.10 Å². The summed E-state index contributed by atoms with van der Waals surface area (Å²) in [5.41, 5.74) is 4.66. The first-order valence-electron chi connectivity index (χ1n) is 8.26. The van der Waals surface area contributed by atoms with Crippen molar-refractivity contribution in [1.82, 2.24) is 5.43 Å². The van der Waals surface area contributed by atoms with E-state index >= 15 is 0 Å². The maximum Gasteiger partial charge on any atom is 0.250 e. The fourth-order valence-electron chi connectivity index (χ4n) is 2.49. The van der Waals surface area contributed by atoms with E-state index in [9.17, 15) is 4.79 Å². The topological polar surface area (TPSA) is 50.7 Å². The maximum absolute atomic E-state index is 11.9. The first-order chi connectivity index (χ1) is 12.7. The Morgan fingerprint density at radius 1 is 1.08 bits per heavy atom. The maximum atomic E-state index is 11.9. The number of nitrogens with zero attached hydrogens (tertiary/aromatic N) is 1. The number of hydrogen-bond donors (Lipinski definition) is 1. The monoisotopic (exact) mass is 364 g/mol. The molecule has 0 aliphatic rings. The van der Waals surface area contributed by atoms with E-state index in [0.717, 1.165) is 17.1 Å². The molecule has 0 fully saturated rings. The van der Waals surface area contributed by atoms with E-state index in [2.05, 4.69) is 40.9 Å². The van der Waals surface area contributed by atoms with Crippen molar-refractivity contribution >= 4 is 34.7 Å². The number of methoxy groups -OCH3 is 1. The molecule has 3 aromatic carbocycles. The number of carbonyl (C=O) groups is 1. The number of benzene rings is 3. The molecule has 0 aromatic heterocycles. The van der Waals surface area contributed by atoms with Crippen molar-refractivity contribution in [3.05, 3.63) is 77.9 Å². The number of ether oxygens (including phenoxy) is 1. The molecule has 132 valence electrons. The molecule has 0 saturated carbocycles. The Bertz CT molecular complexity index is 907. The van der Waals surface area contributed by atoms with Gasteiger partial charge in [-0.05, 0) is 46.2 Å². The van der Waals surface area contributed by atoms with E-state index in [-0.39, 0.29) is 5.91 Å². The predicted molar refractivity (Wildman–Crippen MR) is 109 cm³/mol. The average Bonchev–Trinajstić information content (AvgIpc) is 2.68. The van der Waals surface area contributed by atoms with Gasteiger partial charge in [-0.2, -0.15) is 5.10 Å². The van der Waals surface area contributed by atoms with E-state index in [1.807, 2.05) is 36.4 Å². The summed E-state index contributed by atoms with van der Waals surface area (Å²) in [5, 5.41) is 6.43. The van der Waals surface area contributed by atoms with Crippen LogP contribution in [0, 0.1) is 0 Å². The molecule has 0 spiro atoms. The van der Waals surface area contributed by atoms with Crippen molar-refractivity contribution in [2.75, 3.05) is 12.9 Å². The minimum Gasteiger partial charge on any atom is -0.497 e. The zero-order chi connectivity index (χ0) is 18.2. The van der Waals surface area contributed by atoms with E-state index in [0.29, 0.717) is 5.75 Å². The Kier molecular flexibility index (Phi) is 6.28. The molecule has 0 saturated heterocycles. The summed E-state index contributed by atoms with van der Waals surface area (Å²) < 4.78 is 5.10. The van der Waals surface area contributed by atoms with Crippen LogP contribution in [0.1, 0.15) is 11.1 Å². The van der Waals surface area contributed by atoms with Gasteiger partial charge in [-0.1, -0.05) is 42.5 Å². The van der Waals surface area contributed by atoms with Gasteiger partial charge in [0.05, 0.1) is 19.1 Å². The highest BCUT2D eigenvalue weighted by Crippen LogP contribution is 2.19. The average molecular weight is 364 g/mol. The van der Waals surface area contributed by atoms with Gasteiger partial charge in [-0.15, -0.1) is 11.8 Å². The normalized spacial score (nSPS) is 11.0. The molecule has 0 bridgehead atoms. The summed E-state index contributed by atoms with van der Waals surface area (Å²) in [4.78, 5) is 11.9.